The Labute approximate surface area is 678 Å². The smallest absolute Gasteiger partial charge is 0.252 e. The number of fused-ring (bicyclic) bond motifs is 10. The Morgan fingerprint density at radius 3 is 0.841 bits per heavy atom. The van der Waals surface area contributed by atoms with E-state index in [1.54, 1.807) is 0 Å². The summed E-state index contributed by atoms with van der Waals surface area (Å²) in [5.41, 5.74) is 26.1. The fourth-order valence-corrected chi connectivity index (χ4v) is 17.7. The maximum Gasteiger partial charge on any atom is 0.252 e. The Morgan fingerprint density at radius 1 is 0.257 bits per heavy atom. The van der Waals surface area contributed by atoms with Gasteiger partial charge in [-0.2, -0.15) is 0 Å². The Balaban J connectivity index is 1.08. The predicted molar refractivity (Wildman–Crippen MR) is 489 cm³/mol. The van der Waals surface area contributed by atoms with Crippen LogP contribution < -0.4 is 26.2 Å². The molecule has 2 aliphatic rings. The number of hydrogen-bond donors (Lipinski definition) is 0. The minimum Gasteiger partial charge on any atom is -0.310 e. The Bertz CT molecular complexity index is 6210. The molecule has 0 amide bonds. The quantitative estimate of drug-likeness (QED) is 0.134. The second-order valence-electron chi connectivity index (χ2n) is 37.8. The van der Waals surface area contributed by atoms with Crippen LogP contribution in [0.4, 0.5) is 34.1 Å². The summed E-state index contributed by atoms with van der Waals surface area (Å²) in [6.07, 6.45) is 0. The SMILES string of the molecule is [2H]c1c([2H])c(-c2ccccc2)c(N2c3cc(-n4c5ccc(C(C)(C)C)cc5c5cc(C(C)(C)C)ccc54)ccc3B3c4ccc(-n5c6ccc(C(C)(C)C)cc6c6cc(C(C)(C)C)ccc65)cc4N(c4c(-c5ccccc5)c([2H])c([2H])c([2H])c4-c4ccccc4)c4cc(-c5ccc(C(C)(C)C)cc5C(C)(C)C)cc2c43)c(-c2ccccc2)c1[2H]. The van der Waals surface area contributed by atoms with Crippen LogP contribution in [0.2, 0.25) is 0 Å². The van der Waals surface area contributed by atoms with Gasteiger partial charge in [-0.3, -0.25) is 0 Å². The van der Waals surface area contributed by atoms with Crippen molar-refractivity contribution in [2.75, 3.05) is 9.80 Å². The molecule has 0 saturated carbocycles. The minimum absolute atomic E-state index is 0.0736. The van der Waals surface area contributed by atoms with Crippen molar-refractivity contribution in [1.29, 1.82) is 0 Å². The number of para-hydroxylation sites is 2. The van der Waals surface area contributed by atoms with Crippen molar-refractivity contribution >= 4 is 101 Å². The van der Waals surface area contributed by atoms with Crippen molar-refractivity contribution in [1.82, 2.24) is 9.13 Å². The van der Waals surface area contributed by atoms with Gasteiger partial charge in [0, 0.05) is 77.9 Å². The summed E-state index contributed by atoms with van der Waals surface area (Å²) in [5.74, 6) is 0. The van der Waals surface area contributed by atoms with E-state index in [4.69, 9.17) is 0 Å². The van der Waals surface area contributed by atoms with E-state index >= 15 is 0 Å². The second kappa shape index (κ2) is 26.5. The standard InChI is InChI=1S/C108H103BN4/c1-103(2,3)73-46-55-92-85(61-73)86-62-74(104(4,5)6)47-56-93(86)110(92)78-50-53-90-96(66-78)112(101-81(68-33-23-19-24-34-68)41-31-42-82(101)69-35-25-20-26-36-69)98-59-72(80-52-45-77(107(13,14)15)65-89(80)108(16,17)18)60-99-100(98)109(90)91-54-51-79(111-94-57-48-75(105(7,8)9)63-87(94)88-64-76(106(10,11)12)49-58-95(88)111)67-97(91)113(99)102-83(70-37-27-21-28-38-70)43-32-44-84(102)71-39-29-22-30-40-71/h19-67H,1-18H3/i31D,32D,41D,42D,43D,44D. The average Bonchev–Trinajstić information content (AvgIpc) is 0.952. The maximum absolute atomic E-state index is 10.7. The summed E-state index contributed by atoms with van der Waals surface area (Å²) < 4.78 is 67.7. The van der Waals surface area contributed by atoms with Gasteiger partial charge >= 0.3 is 0 Å². The van der Waals surface area contributed by atoms with E-state index in [-0.39, 0.29) is 63.3 Å². The molecule has 2 aromatic heterocycles. The molecule has 0 radical (unpaired) electrons. The molecule has 0 N–H and O–H groups in total. The van der Waals surface area contributed by atoms with Gasteiger partial charge in [-0.1, -0.05) is 337 Å². The molecule has 5 heteroatoms. The van der Waals surface area contributed by atoms with E-state index in [0.717, 1.165) is 133 Å². The van der Waals surface area contributed by atoms with Crippen molar-refractivity contribution < 1.29 is 8.22 Å². The van der Waals surface area contributed by atoms with Gasteiger partial charge < -0.3 is 18.9 Å². The molecule has 4 heterocycles. The fraction of sp³-hybridized carbons (Fsp3) is 0.222. The first kappa shape index (κ1) is 66.0. The highest BCUT2D eigenvalue weighted by Gasteiger charge is 2.46. The van der Waals surface area contributed by atoms with E-state index in [1.165, 1.54) is 27.8 Å². The molecule has 0 aliphatic carbocycles. The third-order valence-corrected chi connectivity index (χ3v) is 23.9. The van der Waals surface area contributed by atoms with Crippen molar-refractivity contribution in [2.45, 2.75) is 157 Å². The van der Waals surface area contributed by atoms with E-state index in [2.05, 4.69) is 283 Å². The largest absolute Gasteiger partial charge is 0.310 e. The normalized spacial score (nSPS) is 14.1. The van der Waals surface area contributed by atoms with Gasteiger partial charge in [0.2, 0.25) is 0 Å². The lowest BCUT2D eigenvalue weighted by Crippen LogP contribution is -2.61. The Morgan fingerprint density at radius 2 is 0.549 bits per heavy atom. The van der Waals surface area contributed by atoms with Crippen LogP contribution in [0.1, 0.15) is 166 Å². The Hall–Kier alpha value is -11.7. The lowest BCUT2D eigenvalue weighted by atomic mass is 9.33. The molecular formula is C108H103BN4. The van der Waals surface area contributed by atoms with Crippen LogP contribution in [0, 0.1) is 0 Å². The summed E-state index contributed by atoms with van der Waals surface area (Å²) in [4.78, 5) is 4.76. The molecule has 113 heavy (non-hydrogen) atoms. The van der Waals surface area contributed by atoms with E-state index < -0.39 is 12.1 Å². The molecule has 4 nitrogen and oxygen atoms in total. The van der Waals surface area contributed by atoms with E-state index in [1.807, 2.05) is 121 Å². The summed E-state index contributed by atoms with van der Waals surface area (Å²) in [6, 6.07) is 93.4. The van der Waals surface area contributed by atoms with Crippen LogP contribution in [0.15, 0.2) is 297 Å². The minimum atomic E-state index is -0.563. The van der Waals surface area contributed by atoms with Gasteiger partial charge in [0.1, 0.15) is 0 Å². The first-order valence-electron chi connectivity index (χ1n) is 43.3. The molecule has 0 bridgehead atoms. The third-order valence-electron chi connectivity index (χ3n) is 23.9. The van der Waals surface area contributed by atoms with Crippen molar-refractivity contribution in [3.63, 3.8) is 0 Å². The van der Waals surface area contributed by atoms with Gasteiger partial charge in [-0.25, -0.2) is 0 Å². The summed E-state index contributed by atoms with van der Waals surface area (Å²) in [7, 11) is 0. The highest BCUT2D eigenvalue weighted by molar-refractivity contribution is 7.00. The maximum atomic E-state index is 10.7. The van der Waals surface area contributed by atoms with Crippen LogP contribution in [-0.2, 0) is 32.5 Å². The highest BCUT2D eigenvalue weighted by Crippen LogP contribution is 2.56. The molecule has 16 aromatic rings. The predicted octanol–water partition coefficient (Wildman–Crippen LogP) is 28.1. The number of benzene rings is 14. The van der Waals surface area contributed by atoms with Gasteiger partial charge in [0.15, 0.2) is 0 Å². The van der Waals surface area contributed by atoms with Gasteiger partial charge in [-0.15, -0.1) is 0 Å². The van der Waals surface area contributed by atoms with Crippen molar-refractivity contribution in [2.24, 2.45) is 0 Å². The molecule has 0 unspecified atom stereocenters. The molecule has 2 aliphatic heterocycles. The number of nitrogens with zero attached hydrogens (tertiary/aromatic N) is 4. The first-order chi connectivity index (χ1) is 56.4. The van der Waals surface area contributed by atoms with E-state index in [9.17, 15) is 8.22 Å². The lowest BCUT2D eigenvalue weighted by molar-refractivity contribution is 0.570. The number of rotatable bonds is 9. The molecule has 14 aromatic carbocycles. The third kappa shape index (κ3) is 12.4. The molecule has 0 saturated heterocycles. The lowest BCUT2D eigenvalue weighted by Gasteiger charge is -2.46. The fourth-order valence-electron chi connectivity index (χ4n) is 17.7. The Kier molecular flexibility index (Phi) is 15.5. The zero-order valence-electron chi connectivity index (χ0n) is 74.7. The molecular weight excluding hydrogens is 1360 g/mol. The van der Waals surface area contributed by atoms with Crippen LogP contribution in [0.3, 0.4) is 0 Å². The summed E-state index contributed by atoms with van der Waals surface area (Å²) in [6.45, 7) is 40.6. The molecule has 558 valence electrons. The highest BCUT2D eigenvalue weighted by atomic mass is 15.2. The number of hydrogen-bond acceptors (Lipinski definition) is 2. The molecule has 0 atom stereocenters. The van der Waals surface area contributed by atoms with Crippen molar-refractivity contribution in [3.05, 3.63) is 330 Å². The zero-order chi connectivity index (χ0) is 84.0. The molecule has 18 rings (SSSR count). The average molecular weight is 1470 g/mol. The van der Waals surface area contributed by atoms with E-state index in [0.29, 0.717) is 33.6 Å². The molecule has 0 spiro atoms. The van der Waals surface area contributed by atoms with Crippen LogP contribution in [0.25, 0.3) is 111 Å². The van der Waals surface area contributed by atoms with Crippen LogP contribution >= 0.6 is 0 Å². The molecule has 0 fully saturated rings. The second-order valence-corrected chi connectivity index (χ2v) is 37.8. The monoisotopic (exact) mass is 1470 g/mol. The zero-order valence-corrected chi connectivity index (χ0v) is 68.7. The number of aromatic nitrogens is 2. The summed E-state index contributed by atoms with van der Waals surface area (Å²) in [5, 5.41) is 4.61. The number of anilines is 6. The van der Waals surface area contributed by atoms with Crippen LogP contribution in [0.5, 0.6) is 0 Å². The first-order valence-corrected chi connectivity index (χ1v) is 40.3. The van der Waals surface area contributed by atoms with Crippen molar-refractivity contribution in [3.8, 4) is 67.0 Å². The van der Waals surface area contributed by atoms with Gasteiger partial charge in [0.25, 0.3) is 6.71 Å². The summed E-state index contributed by atoms with van der Waals surface area (Å²) >= 11 is 0. The van der Waals surface area contributed by atoms with Crippen LogP contribution in [-0.4, -0.2) is 15.8 Å². The van der Waals surface area contributed by atoms with Gasteiger partial charge in [-0.05, 0) is 201 Å². The van der Waals surface area contributed by atoms with Gasteiger partial charge in [0.05, 0.1) is 41.7 Å². The topological polar surface area (TPSA) is 16.3 Å².